The molecule has 2 aromatic rings. The smallest absolute Gasteiger partial charge is 0.262 e. The fourth-order valence-electron chi connectivity index (χ4n) is 4.34. The van der Waals surface area contributed by atoms with Crippen LogP contribution in [0.4, 0.5) is 5.69 Å². The van der Waals surface area contributed by atoms with Crippen LogP contribution in [0.1, 0.15) is 34.3 Å². The van der Waals surface area contributed by atoms with Crippen molar-refractivity contribution in [3.8, 4) is 0 Å². The normalized spacial score (nSPS) is 19.8. The molecule has 8 heteroatoms. The van der Waals surface area contributed by atoms with Crippen LogP contribution in [-0.4, -0.2) is 69.6 Å². The Morgan fingerprint density at radius 1 is 1.09 bits per heavy atom. The van der Waals surface area contributed by atoms with E-state index in [1.165, 1.54) is 0 Å². The molecule has 1 unspecified atom stereocenters. The van der Waals surface area contributed by atoms with Gasteiger partial charge in [0, 0.05) is 39.3 Å². The molecule has 32 heavy (non-hydrogen) atoms. The number of nitrogens with zero attached hydrogens (tertiary/aromatic N) is 2. The number of rotatable bonds is 6. The molecule has 1 N–H and O–H groups in total. The number of para-hydroxylation sites is 1. The van der Waals surface area contributed by atoms with Crippen LogP contribution < -0.4 is 4.72 Å². The fraction of sp³-hybridized carbons (Fsp3) is 0.458. The zero-order valence-corrected chi connectivity index (χ0v) is 19.5. The largest absolute Gasteiger partial charge is 0.377 e. The van der Waals surface area contributed by atoms with Gasteiger partial charge in [0.2, 0.25) is 0 Å². The third-order valence-electron chi connectivity index (χ3n) is 6.18. The molecule has 7 nitrogen and oxygen atoms in total. The lowest BCUT2D eigenvalue weighted by Crippen LogP contribution is -2.50. The Morgan fingerprint density at radius 3 is 2.56 bits per heavy atom. The van der Waals surface area contributed by atoms with Crippen LogP contribution in [0.2, 0.25) is 0 Å². The Hall–Kier alpha value is -2.42. The van der Waals surface area contributed by atoms with Gasteiger partial charge in [0.25, 0.3) is 15.9 Å². The molecule has 4 rings (SSSR count). The Morgan fingerprint density at radius 2 is 1.84 bits per heavy atom. The van der Waals surface area contributed by atoms with E-state index >= 15 is 0 Å². The van der Waals surface area contributed by atoms with Crippen molar-refractivity contribution in [2.75, 3.05) is 44.1 Å². The van der Waals surface area contributed by atoms with E-state index < -0.39 is 10.0 Å². The first-order valence-corrected chi connectivity index (χ1v) is 12.6. The number of hydrogen-bond acceptors (Lipinski definition) is 5. The van der Waals surface area contributed by atoms with Gasteiger partial charge in [0.1, 0.15) is 0 Å². The van der Waals surface area contributed by atoms with Crippen molar-refractivity contribution in [1.82, 2.24) is 9.80 Å². The van der Waals surface area contributed by atoms with Gasteiger partial charge < -0.3 is 9.64 Å². The minimum Gasteiger partial charge on any atom is -0.377 e. The molecule has 0 radical (unpaired) electrons. The predicted octanol–water partition coefficient (Wildman–Crippen LogP) is 3.04. The van der Waals surface area contributed by atoms with Crippen LogP contribution in [-0.2, 0) is 14.8 Å². The molecule has 2 aliphatic rings. The van der Waals surface area contributed by atoms with Crippen molar-refractivity contribution >= 4 is 21.6 Å². The highest BCUT2D eigenvalue weighted by Gasteiger charge is 2.27. The summed E-state index contributed by atoms with van der Waals surface area (Å²) in [5.74, 6) is -0.152. The molecule has 0 aliphatic carbocycles. The van der Waals surface area contributed by atoms with Crippen molar-refractivity contribution in [3.63, 3.8) is 0 Å². The van der Waals surface area contributed by atoms with Gasteiger partial charge in [-0.15, -0.1) is 0 Å². The first-order valence-electron chi connectivity index (χ1n) is 11.2. The second-order valence-electron chi connectivity index (χ2n) is 8.65. The standard InChI is InChI=1S/C24H31N3O4S/c1-18-9-10-19(2)23(16-18)32(29,30)25-22-8-4-3-7-21(22)24(28)27-13-11-26(12-14-27)17-20-6-5-15-31-20/h3-4,7-10,16,20,25H,5-6,11-15,17H2,1-2H3. The highest BCUT2D eigenvalue weighted by molar-refractivity contribution is 7.92. The van der Waals surface area contributed by atoms with Crippen LogP contribution in [0, 0.1) is 13.8 Å². The van der Waals surface area contributed by atoms with E-state index in [0.717, 1.165) is 44.6 Å². The zero-order valence-electron chi connectivity index (χ0n) is 18.7. The first kappa shape index (κ1) is 22.8. The van der Waals surface area contributed by atoms with Gasteiger partial charge in [-0.3, -0.25) is 14.4 Å². The number of benzene rings is 2. The minimum atomic E-state index is -3.82. The number of hydrogen-bond donors (Lipinski definition) is 1. The van der Waals surface area contributed by atoms with E-state index in [9.17, 15) is 13.2 Å². The summed E-state index contributed by atoms with van der Waals surface area (Å²) in [6, 6.07) is 12.1. The SMILES string of the molecule is Cc1ccc(C)c(S(=O)(=O)Nc2ccccc2C(=O)N2CCN(CC3CCCO3)CC2)c1. The number of carbonyl (C=O) groups is 1. The lowest BCUT2D eigenvalue weighted by Gasteiger charge is -2.36. The van der Waals surface area contributed by atoms with E-state index in [1.807, 2.05) is 13.0 Å². The number of piperazine rings is 1. The fourth-order valence-corrected chi connectivity index (χ4v) is 5.75. The summed E-state index contributed by atoms with van der Waals surface area (Å²) >= 11 is 0. The second kappa shape index (κ2) is 9.60. The molecular formula is C24H31N3O4S. The summed E-state index contributed by atoms with van der Waals surface area (Å²) in [5.41, 5.74) is 2.20. The molecule has 1 atom stereocenters. The maximum absolute atomic E-state index is 13.3. The lowest BCUT2D eigenvalue weighted by molar-refractivity contribution is 0.0433. The number of nitrogens with one attached hydrogen (secondary N) is 1. The van der Waals surface area contributed by atoms with Gasteiger partial charge in [-0.2, -0.15) is 0 Å². The van der Waals surface area contributed by atoms with Crippen molar-refractivity contribution < 1.29 is 17.9 Å². The maximum atomic E-state index is 13.3. The van der Waals surface area contributed by atoms with Gasteiger partial charge in [-0.1, -0.05) is 24.3 Å². The number of amides is 1. The van der Waals surface area contributed by atoms with Gasteiger partial charge >= 0.3 is 0 Å². The Labute approximate surface area is 190 Å². The third kappa shape index (κ3) is 5.14. The van der Waals surface area contributed by atoms with E-state index in [1.54, 1.807) is 48.2 Å². The number of ether oxygens (including phenoxy) is 1. The van der Waals surface area contributed by atoms with Gasteiger partial charge in [-0.25, -0.2) is 8.42 Å². The van der Waals surface area contributed by atoms with E-state index in [2.05, 4.69) is 9.62 Å². The summed E-state index contributed by atoms with van der Waals surface area (Å²) in [6.07, 6.45) is 2.53. The van der Waals surface area contributed by atoms with Gasteiger partial charge in [0.15, 0.2) is 0 Å². The summed E-state index contributed by atoms with van der Waals surface area (Å²) < 4.78 is 34.5. The molecule has 172 valence electrons. The molecule has 2 saturated heterocycles. The quantitative estimate of drug-likeness (QED) is 0.721. The van der Waals surface area contributed by atoms with Crippen LogP contribution in [0.15, 0.2) is 47.4 Å². The lowest BCUT2D eigenvalue weighted by atomic mass is 10.1. The molecular weight excluding hydrogens is 426 g/mol. The van der Waals surface area contributed by atoms with Crippen molar-refractivity contribution in [1.29, 1.82) is 0 Å². The molecule has 2 fully saturated rings. The summed E-state index contributed by atoms with van der Waals surface area (Å²) in [5, 5.41) is 0. The molecule has 0 aromatic heterocycles. The van der Waals surface area contributed by atoms with E-state index in [-0.39, 0.29) is 10.8 Å². The molecule has 0 spiro atoms. The molecule has 0 saturated carbocycles. The Kier molecular flexibility index (Phi) is 6.83. The highest BCUT2D eigenvalue weighted by Crippen LogP contribution is 2.24. The average Bonchev–Trinajstić information content (AvgIpc) is 3.28. The van der Waals surface area contributed by atoms with Crippen LogP contribution in [0.5, 0.6) is 0 Å². The van der Waals surface area contributed by atoms with Crippen LogP contribution >= 0.6 is 0 Å². The monoisotopic (exact) mass is 457 g/mol. The predicted molar refractivity (Wildman–Crippen MR) is 124 cm³/mol. The van der Waals surface area contributed by atoms with Crippen molar-refractivity contribution in [2.45, 2.75) is 37.7 Å². The number of carbonyl (C=O) groups excluding carboxylic acids is 1. The topological polar surface area (TPSA) is 79.0 Å². The molecule has 2 heterocycles. The second-order valence-corrected chi connectivity index (χ2v) is 10.3. The summed E-state index contributed by atoms with van der Waals surface area (Å²) in [7, 11) is -3.82. The molecule has 1 amide bonds. The van der Waals surface area contributed by atoms with Crippen LogP contribution in [0.3, 0.4) is 0 Å². The highest BCUT2D eigenvalue weighted by atomic mass is 32.2. The molecule has 2 aliphatic heterocycles. The minimum absolute atomic E-state index is 0.152. The first-order chi connectivity index (χ1) is 15.3. The van der Waals surface area contributed by atoms with E-state index in [0.29, 0.717) is 36.0 Å². The van der Waals surface area contributed by atoms with Crippen molar-refractivity contribution in [3.05, 3.63) is 59.2 Å². The molecule has 0 bridgehead atoms. The number of aryl methyl sites for hydroxylation is 2. The number of sulfonamides is 1. The zero-order chi connectivity index (χ0) is 22.7. The molecule has 2 aromatic carbocycles. The summed E-state index contributed by atoms with van der Waals surface area (Å²) in [4.78, 5) is 17.6. The Bertz CT molecular complexity index is 1070. The van der Waals surface area contributed by atoms with Crippen molar-refractivity contribution in [2.24, 2.45) is 0 Å². The van der Waals surface area contributed by atoms with Gasteiger partial charge in [0.05, 0.1) is 22.3 Å². The van der Waals surface area contributed by atoms with Gasteiger partial charge in [-0.05, 0) is 56.0 Å². The Balaban J connectivity index is 1.46. The number of anilines is 1. The average molecular weight is 458 g/mol. The maximum Gasteiger partial charge on any atom is 0.262 e. The summed E-state index contributed by atoms with van der Waals surface area (Å²) in [6.45, 7) is 8.19. The third-order valence-corrected chi connectivity index (χ3v) is 7.69. The van der Waals surface area contributed by atoms with Crippen LogP contribution in [0.25, 0.3) is 0 Å². The van der Waals surface area contributed by atoms with E-state index in [4.69, 9.17) is 4.74 Å².